The van der Waals surface area contributed by atoms with Gasteiger partial charge in [0.2, 0.25) is 0 Å². The highest BCUT2D eigenvalue weighted by atomic mass is 16.5. The molecule has 5 nitrogen and oxygen atoms in total. The number of nitrogens with one attached hydrogen (secondary N) is 1. The zero-order valence-corrected chi connectivity index (χ0v) is 12.8. The molecule has 0 aliphatic carbocycles. The van der Waals surface area contributed by atoms with Gasteiger partial charge in [0.25, 0.3) is 5.91 Å². The third-order valence-corrected chi connectivity index (χ3v) is 3.50. The lowest BCUT2D eigenvalue weighted by Gasteiger charge is -2.31. The zero-order valence-electron chi connectivity index (χ0n) is 12.8. The van der Waals surface area contributed by atoms with E-state index in [0.717, 1.165) is 18.5 Å². The first-order chi connectivity index (χ1) is 9.69. The molecule has 0 atom stereocenters. The minimum atomic E-state index is 0.00759. The van der Waals surface area contributed by atoms with Crippen molar-refractivity contribution in [2.45, 2.75) is 32.7 Å². The topological polar surface area (TPSA) is 54.5 Å². The minimum Gasteiger partial charge on any atom is -0.387 e. The lowest BCUT2D eigenvalue weighted by molar-refractivity contribution is 0.0590. The Hall–Kier alpha value is -1.62. The van der Waals surface area contributed by atoms with Crippen LogP contribution in [0.1, 0.15) is 37.0 Å². The van der Waals surface area contributed by atoms with Crippen LogP contribution in [0.5, 0.6) is 0 Å². The average Bonchev–Trinajstić information content (AvgIpc) is 2.50. The van der Waals surface area contributed by atoms with E-state index in [1.807, 2.05) is 18.0 Å². The highest BCUT2D eigenvalue weighted by Crippen LogP contribution is 2.19. The van der Waals surface area contributed by atoms with Crippen LogP contribution >= 0.6 is 0 Å². The second kappa shape index (κ2) is 8.53. The van der Waals surface area contributed by atoms with Crippen LogP contribution in [-0.4, -0.2) is 49.1 Å². The lowest BCUT2D eigenvalue weighted by atomic mass is 10.1. The van der Waals surface area contributed by atoms with E-state index in [-0.39, 0.29) is 11.9 Å². The van der Waals surface area contributed by atoms with Crippen molar-refractivity contribution in [3.8, 4) is 0 Å². The molecule has 1 amide bonds. The third-order valence-electron chi connectivity index (χ3n) is 3.50. The van der Waals surface area contributed by atoms with Gasteiger partial charge in [-0.25, -0.2) is 0 Å². The number of aromatic nitrogens is 1. The SMILES string of the molecule is CCC(CC)N(CCOC)C(=O)c1cnccc1NC. The van der Waals surface area contributed by atoms with Crippen molar-refractivity contribution >= 4 is 11.6 Å². The molecule has 1 aromatic rings. The predicted octanol–water partition coefficient (Wildman–Crippen LogP) is 2.40. The lowest BCUT2D eigenvalue weighted by Crippen LogP contribution is -2.42. The second-order valence-electron chi connectivity index (χ2n) is 4.63. The first kappa shape index (κ1) is 16.4. The number of hydrogen-bond donors (Lipinski definition) is 1. The number of nitrogens with zero attached hydrogens (tertiary/aromatic N) is 2. The summed E-state index contributed by atoms with van der Waals surface area (Å²) >= 11 is 0. The molecular formula is C15H25N3O2. The summed E-state index contributed by atoms with van der Waals surface area (Å²) in [6, 6.07) is 2.04. The van der Waals surface area contributed by atoms with Crippen molar-refractivity contribution in [3.63, 3.8) is 0 Å². The van der Waals surface area contributed by atoms with Crippen LogP contribution in [0.2, 0.25) is 0 Å². The van der Waals surface area contributed by atoms with E-state index in [9.17, 15) is 4.79 Å². The Bertz CT molecular complexity index is 419. The fourth-order valence-corrected chi connectivity index (χ4v) is 2.31. The Morgan fingerprint density at radius 1 is 1.45 bits per heavy atom. The molecule has 0 saturated carbocycles. The molecule has 1 heterocycles. The zero-order chi connectivity index (χ0) is 15.0. The summed E-state index contributed by atoms with van der Waals surface area (Å²) in [5.41, 5.74) is 1.41. The molecule has 0 aliphatic heterocycles. The van der Waals surface area contributed by atoms with E-state index in [1.54, 1.807) is 19.5 Å². The largest absolute Gasteiger partial charge is 0.387 e. The maximum absolute atomic E-state index is 12.8. The molecule has 1 N–H and O–H groups in total. The Labute approximate surface area is 121 Å². The Morgan fingerprint density at radius 3 is 2.70 bits per heavy atom. The van der Waals surface area contributed by atoms with Crippen LogP contribution < -0.4 is 5.32 Å². The van der Waals surface area contributed by atoms with Gasteiger partial charge in [-0.2, -0.15) is 0 Å². The average molecular weight is 279 g/mol. The molecular weight excluding hydrogens is 254 g/mol. The van der Waals surface area contributed by atoms with Crippen molar-refractivity contribution in [1.29, 1.82) is 0 Å². The van der Waals surface area contributed by atoms with Gasteiger partial charge in [0.1, 0.15) is 0 Å². The number of pyridine rings is 1. The quantitative estimate of drug-likeness (QED) is 0.794. The maximum atomic E-state index is 12.8. The molecule has 0 aromatic carbocycles. The molecule has 20 heavy (non-hydrogen) atoms. The first-order valence-electron chi connectivity index (χ1n) is 7.11. The van der Waals surface area contributed by atoms with Crippen LogP contribution in [0.15, 0.2) is 18.5 Å². The second-order valence-corrected chi connectivity index (χ2v) is 4.63. The van der Waals surface area contributed by atoms with Crippen molar-refractivity contribution in [3.05, 3.63) is 24.0 Å². The molecule has 0 fully saturated rings. The first-order valence-corrected chi connectivity index (χ1v) is 7.11. The van der Waals surface area contributed by atoms with E-state index in [4.69, 9.17) is 4.74 Å². The summed E-state index contributed by atoms with van der Waals surface area (Å²) in [5, 5.41) is 3.04. The molecule has 5 heteroatoms. The standard InChI is InChI=1S/C15H25N3O2/c1-5-12(6-2)18(9-10-20-4)15(19)13-11-17-8-7-14(13)16-3/h7-8,11-12H,5-6,9-10H2,1-4H3,(H,16,17). The fraction of sp³-hybridized carbons (Fsp3) is 0.600. The number of amides is 1. The van der Waals surface area contributed by atoms with Gasteiger partial charge in [0.15, 0.2) is 0 Å². The van der Waals surface area contributed by atoms with Gasteiger partial charge in [-0.05, 0) is 18.9 Å². The molecule has 0 aliphatic rings. The summed E-state index contributed by atoms with van der Waals surface area (Å²) in [6.07, 6.45) is 5.16. The van der Waals surface area contributed by atoms with Crippen molar-refractivity contribution in [2.24, 2.45) is 0 Å². The predicted molar refractivity (Wildman–Crippen MR) is 81.1 cm³/mol. The van der Waals surface area contributed by atoms with Gasteiger partial charge in [0.05, 0.1) is 12.2 Å². The molecule has 112 valence electrons. The van der Waals surface area contributed by atoms with E-state index in [2.05, 4.69) is 24.1 Å². The summed E-state index contributed by atoms with van der Waals surface area (Å²) in [7, 11) is 3.46. The van der Waals surface area contributed by atoms with E-state index in [0.29, 0.717) is 18.7 Å². The molecule has 0 unspecified atom stereocenters. The van der Waals surface area contributed by atoms with Crippen molar-refractivity contribution < 1.29 is 9.53 Å². The molecule has 0 spiro atoms. The van der Waals surface area contributed by atoms with Gasteiger partial charge in [0, 0.05) is 44.8 Å². The molecule has 1 rings (SSSR count). The number of anilines is 1. The number of carbonyl (C=O) groups is 1. The Morgan fingerprint density at radius 2 is 2.15 bits per heavy atom. The summed E-state index contributed by atoms with van der Waals surface area (Å²) in [6.45, 7) is 5.34. The number of carbonyl (C=O) groups excluding carboxylic acids is 1. The number of methoxy groups -OCH3 is 1. The van der Waals surface area contributed by atoms with Gasteiger partial charge in [-0.1, -0.05) is 13.8 Å². The third kappa shape index (κ3) is 3.93. The van der Waals surface area contributed by atoms with Gasteiger partial charge < -0.3 is 15.0 Å². The molecule has 0 bridgehead atoms. The molecule has 0 radical (unpaired) electrons. The van der Waals surface area contributed by atoms with Gasteiger partial charge in [-0.3, -0.25) is 9.78 Å². The van der Waals surface area contributed by atoms with E-state index in [1.165, 1.54) is 0 Å². The smallest absolute Gasteiger partial charge is 0.257 e. The highest BCUT2D eigenvalue weighted by molar-refractivity contribution is 5.99. The normalized spacial score (nSPS) is 10.7. The highest BCUT2D eigenvalue weighted by Gasteiger charge is 2.24. The van der Waals surface area contributed by atoms with Crippen LogP contribution in [0.3, 0.4) is 0 Å². The number of hydrogen-bond acceptors (Lipinski definition) is 4. The minimum absolute atomic E-state index is 0.00759. The van der Waals surface area contributed by atoms with Crippen molar-refractivity contribution in [2.75, 3.05) is 32.6 Å². The molecule has 0 saturated heterocycles. The Kier molecular flexibility index (Phi) is 7.01. The number of ether oxygens (including phenoxy) is 1. The van der Waals surface area contributed by atoms with Gasteiger partial charge in [-0.15, -0.1) is 0 Å². The summed E-state index contributed by atoms with van der Waals surface area (Å²) < 4.78 is 5.13. The molecule has 1 aromatic heterocycles. The summed E-state index contributed by atoms with van der Waals surface area (Å²) in [4.78, 5) is 18.7. The Balaban J connectivity index is 3.02. The van der Waals surface area contributed by atoms with Crippen LogP contribution in [0, 0.1) is 0 Å². The van der Waals surface area contributed by atoms with E-state index < -0.39 is 0 Å². The van der Waals surface area contributed by atoms with Gasteiger partial charge >= 0.3 is 0 Å². The summed E-state index contributed by atoms with van der Waals surface area (Å²) in [5.74, 6) is 0.00759. The fourth-order valence-electron chi connectivity index (χ4n) is 2.31. The van der Waals surface area contributed by atoms with Crippen LogP contribution in [-0.2, 0) is 4.74 Å². The van der Waals surface area contributed by atoms with E-state index >= 15 is 0 Å². The monoisotopic (exact) mass is 279 g/mol. The van der Waals surface area contributed by atoms with Crippen LogP contribution in [0.4, 0.5) is 5.69 Å². The van der Waals surface area contributed by atoms with Crippen molar-refractivity contribution in [1.82, 2.24) is 9.88 Å². The van der Waals surface area contributed by atoms with Crippen LogP contribution in [0.25, 0.3) is 0 Å². The maximum Gasteiger partial charge on any atom is 0.257 e. The number of rotatable bonds is 8.